The van der Waals surface area contributed by atoms with E-state index in [0.717, 1.165) is 37.7 Å². The summed E-state index contributed by atoms with van der Waals surface area (Å²) in [4.78, 5) is 12.1. The average molecular weight is 453 g/mol. The Hall–Kier alpha value is -1.40. The Labute approximate surface area is 189 Å². The number of cyclic esters (lactones) is 1. The summed E-state index contributed by atoms with van der Waals surface area (Å²) in [6, 6.07) is 6.66. The Bertz CT molecular complexity index is 742. The number of carbonyl (C=O) groups excluding carboxylic acids is 1. The zero-order valence-corrected chi connectivity index (χ0v) is 20.1. The Morgan fingerprint density at radius 2 is 1.58 bits per heavy atom. The van der Waals surface area contributed by atoms with Crippen molar-refractivity contribution in [2.75, 3.05) is 0 Å². The van der Waals surface area contributed by atoms with Crippen molar-refractivity contribution in [3.8, 4) is 0 Å². The number of hydrogen-bond acceptors (Lipinski definition) is 5. The normalized spacial score (nSPS) is 18.4. The highest BCUT2D eigenvalue weighted by atomic mass is 32.2. The lowest BCUT2D eigenvalue weighted by Crippen LogP contribution is -2.34. The van der Waals surface area contributed by atoms with Gasteiger partial charge in [0.05, 0.1) is 4.90 Å². The van der Waals surface area contributed by atoms with Gasteiger partial charge in [0.1, 0.15) is 12.2 Å². The van der Waals surface area contributed by atoms with Gasteiger partial charge in [-0.3, -0.25) is 8.98 Å². The molecule has 0 radical (unpaired) electrons. The van der Waals surface area contributed by atoms with Gasteiger partial charge in [-0.05, 0) is 44.7 Å². The minimum Gasteiger partial charge on any atom is -0.460 e. The predicted molar refractivity (Wildman–Crippen MR) is 123 cm³/mol. The SMILES string of the molecule is CCCCCCCCCCC[C@H](OS(=O)(=O)c1ccc(C)cc1)[C@@H]1CCCCC(=O)O1. The van der Waals surface area contributed by atoms with E-state index in [2.05, 4.69) is 6.92 Å². The Morgan fingerprint density at radius 3 is 2.23 bits per heavy atom. The van der Waals surface area contributed by atoms with Crippen LogP contribution >= 0.6 is 0 Å². The van der Waals surface area contributed by atoms with Crippen molar-refractivity contribution in [1.29, 1.82) is 0 Å². The lowest BCUT2D eigenvalue weighted by atomic mass is 10.0. The van der Waals surface area contributed by atoms with E-state index in [9.17, 15) is 13.2 Å². The van der Waals surface area contributed by atoms with Crippen LogP contribution in [0.3, 0.4) is 0 Å². The quantitative estimate of drug-likeness (QED) is 0.184. The largest absolute Gasteiger partial charge is 0.460 e. The van der Waals surface area contributed by atoms with Gasteiger partial charge in [0, 0.05) is 6.42 Å². The average Bonchev–Trinajstić information content (AvgIpc) is 2.96. The van der Waals surface area contributed by atoms with E-state index in [0.29, 0.717) is 19.3 Å². The number of rotatable bonds is 14. The second-order valence-electron chi connectivity index (χ2n) is 8.79. The van der Waals surface area contributed by atoms with Gasteiger partial charge in [-0.15, -0.1) is 0 Å². The Kier molecular flexibility index (Phi) is 11.6. The molecule has 2 rings (SSSR count). The first-order valence-corrected chi connectivity index (χ1v) is 13.5. The van der Waals surface area contributed by atoms with Crippen LogP contribution < -0.4 is 0 Å². The highest BCUT2D eigenvalue weighted by Crippen LogP contribution is 2.26. The van der Waals surface area contributed by atoms with Gasteiger partial charge < -0.3 is 4.74 Å². The molecule has 0 spiro atoms. The van der Waals surface area contributed by atoms with Crippen LogP contribution in [0.1, 0.15) is 102 Å². The first kappa shape index (κ1) is 25.9. The molecular formula is C25H40O5S. The maximum Gasteiger partial charge on any atom is 0.306 e. The minimum atomic E-state index is -3.91. The molecule has 0 aliphatic carbocycles. The monoisotopic (exact) mass is 452 g/mol. The van der Waals surface area contributed by atoms with Crippen LogP contribution in [0.15, 0.2) is 29.2 Å². The van der Waals surface area contributed by atoms with Gasteiger partial charge in [-0.2, -0.15) is 8.42 Å². The number of hydrogen-bond donors (Lipinski definition) is 0. The molecule has 0 N–H and O–H groups in total. The fourth-order valence-corrected chi connectivity index (χ4v) is 5.16. The van der Waals surface area contributed by atoms with Crippen LogP contribution in [0.5, 0.6) is 0 Å². The molecule has 2 atom stereocenters. The van der Waals surface area contributed by atoms with Crippen molar-refractivity contribution < 1.29 is 22.1 Å². The van der Waals surface area contributed by atoms with Gasteiger partial charge in [0.15, 0.2) is 0 Å². The third-order valence-electron chi connectivity index (χ3n) is 5.97. The van der Waals surface area contributed by atoms with E-state index < -0.39 is 22.3 Å². The smallest absolute Gasteiger partial charge is 0.306 e. The van der Waals surface area contributed by atoms with E-state index in [1.807, 2.05) is 6.92 Å². The van der Waals surface area contributed by atoms with Crippen LogP contribution in [0.4, 0.5) is 0 Å². The summed E-state index contributed by atoms with van der Waals surface area (Å²) < 4.78 is 37.0. The molecule has 1 saturated heterocycles. The van der Waals surface area contributed by atoms with Crippen molar-refractivity contribution in [2.45, 2.75) is 121 Å². The lowest BCUT2D eigenvalue weighted by molar-refractivity contribution is -0.152. The highest BCUT2D eigenvalue weighted by Gasteiger charge is 2.32. The summed E-state index contributed by atoms with van der Waals surface area (Å²) in [6.45, 7) is 4.14. The summed E-state index contributed by atoms with van der Waals surface area (Å²) in [7, 11) is -3.91. The summed E-state index contributed by atoms with van der Waals surface area (Å²) in [5.41, 5.74) is 0.989. The molecule has 0 unspecified atom stereocenters. The van der Waals surface area contributed by atoms with Crippen molar-refractivity contribution in [2.24, 2.45) is 0 Å². The molecule has 1 heterocycles. The number of unbranched alkanes of at least 4 members (excludes halogenated alkanes) is 8. The van der Waals surface area contributed by atoms with E-state index in [4.69, 9.17) is 8.92 Å². The van der Waals surface area contributed by atoms with Crippen LogP contribution in [0.2, 0.25) is 0 Å². The molecule has 1 aromatic carbocycles. The maximum atomic E-state index is 12.9. The Balaban J connectivity index is 1.92. The first-order chi connectivity index (χ1) is 14.9. The summed E-state index contributed by atoms with van der Waals surface area (Å²) in [6.07, 6.45) is 12.9. The van der Waals surface area contributed by atoms with E-state index >= 15 is 0 Å². The van der Waals surface area contributed by atoms with E-state index in [1.165, 1.54) is 38.5 Å². The van der Waals surface area contributed by atoms with Gasteiger partial charge in [0.2, 0.25) is 0 Å². The third-order valence-corrected chi connectivity index (χ3v) is 7.32. The van der Waals surface area contributed by atoms with Crippen LogP contribution in [0.25, 0.3) is 0 Å². The molecule has 6 heteroatoms. The molecule has 1 fully saturated rings. The second-order valence-corrected chi connectivity index (χ2v) is 10.4. The molecule has 1 aromatic rings. The number of esters is 1. The standard InChI is InChI=1S/C25H40O5S/c1-3-4-5-6-7-8-9-10-11-15-24(23-14-12-13-16-25(26)29-23)30-31(27,28)22-19-17-21(2)18-20-22/h17-20,23-24H,3-16H2,1-2H3/t23-,24-/m0/s1. The summed E-state index contributed by atoms with van der Waals surface area (Å²) in [5.74, 6) is -0.254. The van der Waals surface area contributed by atoms with Gasteiger partial charge in [-0.25, -0.2) is 0 Å². The van der Waals surface area contributed by atoms with Crippen molar-refractivity contribution >= 4 is 16.1 Å². The summed E-state index contributed by atoms with van der Waals surface area (Å²) >= 11 is 0. The van der Waals surface area contributed by atoms with Crippen molar-refractivity contribution in [3.63, 3.8) is 0 Å². The topological polar surface area (TPSA) is 69.7 Å². The fraction of sp³-hybridized carbons (Fsp3) is 0.720. The molecule has 5 nitrogen and oxygen atoms in total. The Morgan fingerprint density at radius 1 is 0.968 bits per heavy atom. The predicted octanol–water partition coefficient (Wildman–Crippen LogP) is 6.48. The van der Waals surface area contributed by atoms with Crippen molar-refractivity contribution in [3.05, 3.63) is 29.8 Å². The van der Waals surface area contributed by atoms with Crippen LogP contribution in [-0.4, -0.2) is 26.6 Å². The first-order valence-electron chi connectivity index (χ1n) is 12.1. The summed E-state index contributed by atoms with van der Waals surface area (Å²) in [5, 5.41) is 0. The van der Waals surface area contributed by atoms with Gasteiger partial charge in [0.25, 0.3) is 10.1 Å². The molecule has 1 aliphatic heterocycles. The van der Waals surface area contributed by atoms with Crippen molar-refractivity contribution in [1.82, 2.24) is 0 Å². The van der Waals surface area contributed by atoms with Gasteiger partial charge >= 0.3 is 5.97 Å². The molecule has 31 heavy (non-hydrogen) atoms. The molecule has 0 saturated carbocycles. The van der Waals surface area contributed by atoms with E-state index in [-0.39, 0.29) is 10.9 Å². The molecule has 0 aromatic heterocycles. The fourth-order valence-electron chi connectivity index (χ4n) is 4.04. The highest BCUT2D eigenvalue weighted by molar-refractivity contribution is 7.86. The maximum absolute atomic E-state index is 12.9. The molecule has 0 bridgehead atoms. The number of carbonyl (C=O) groups is 1. The molecule has 1 aliphatic rings. The molecule has 0 amide bonds. The van der Waals surface area contributed by atoms with Crippen LogP contribution in [0, 0.1) is 6.92 Å². The molecular weight excluding hydrogens is 412 g/mol. The molecule has 176 valence electrons. The number of ether oxygens (including phenoxy) is 1. The van der Waals surface area contributed by atoms with Gasteiger partial charge in [-0.1, -0.05) is 82.4 Å². The second kappa shape index (κ2) is 13.9. The minimum absolute atomic E-state index is 0.148. The zero-order chi connectivity index (χ0) is 22.5. The zero-order valence-electron chi connectivity index (χ0n) is 19.3. The van der Waals surface area contributed by atoms with Crippen LogP contribution in [-0.2, 0) is 23.8 Å². The lowest BCUT2D eigenvalue weighted by Gasteiger charge is -2.25. The number of aryl methyl sites for hydroxylation is 1. The van der Waals surface area contributed by atoms with E-state index in [1.54, 1.807) is 24.3 Å². The third kappa shape index (κ3) is 9.73. The number of benzene rings is 1.